The summed E-state index contributed by atoms with van der Waals surface area (Å²) in [6, 6.07) is 5.97. The van der Waals surface area contributed by atoms with Gasteiger partial charge in [-0.2, -0.15) is 0 Å². The number of aryl methyl sites for hydroxylation is 2. The second kappa shape index (κ2) is 7.41. The molecule has 0 fully saturated rings. The van der Waals surface area contributed by atoms with Crippen molar-refractivity contribution in [2.45, 2.75) is 33.6 Å². The van der Waals surface area contributed by atoms with Crippen molar-refractivity contribution in [3.8, 4) is 0 Å². The van der Waals surface area contributed by atoms with Crippen LogP contribution in [-0.2, 0) is 0 Å². The molecule has 0 bridgehead atoms. The highest BCUT2D eigenvalue weighted by atomic mass is 15.2. The Balaban J connectivity index is 2.49. The summed E-state index contributed by atoms with van der Waals surface area (Å²) in [6.45, 7) is 6.84. The average Bonchev–Trinajstić information content (AvgIpc) is 2.34. The van der Waals surface area contributed by atoms with E-state index in [1.54, 1.807) is 0 Å². The van der Waals surface area contributed by atoms with E-state index in [1.807, 2.05) is 32.0 Å². The number of hydrogen-bond acceptors (Lipinski definition) is 2. The third-order valence-corrected chi connectivity index (χ3v) is 2.81. The first-order valence-corrected chi connectivity index (χ1v) is 6.55. The highest BCUT2D eigenvalue weighted by Gasteiger charge is 2.05. The summed E-state index contributed by atoms with van der Waals surface area (Å²) in [7, 11) is 0. The van der Waals surface area contributed by atoms with Crippen molar-refractivity contribution in [3.63, 3.8) is 0 Å². The Morgan fingerprint density at radius 3 is 2.32 bits per heavy atom. The SMILES string of the molecule is CCCCNC(=N)NC(=N)Nc1c(C)cccc1C. The fourth-order valence-electron chi connectivity index (χ4n) is 1.73. The summed E-state index contributed by atoms with van der Waals surface area (Å²) >= 11 is 0. The number of guanidine groups is 2. The number of unbranched alkanes of at least 4 members (excludes halogenated alkanes) is 1. The van der Waals surface area contributed by atoms with Crippen molar-refractivity contribution in [3.05, 3.63) is 29.3 Å². The molecule has 5 nitrogen and oxygen atoms in total. The monoisotopic (exact) mass is 261 g/mol. The van der Waals surface area contributed by atoms with Crippen LogP contribution in [0.15, 0.2) is 18.2 Å². The molecule has 0 aliphatic carbocycles. The topological polar surface area (TPSA) is 83.8 Å². The van der Waals surface area contributed by atoms with E-state index in [0.717, 1.165) is 36.2 Å². The van der Waals surface area contributed by atoms with Crippen LogP contribution in [0.4, 0.5) is 5.69 Å². The first-order chi connectivity index (χ1) is 9.04. The molecule has 0 aliphatic heterocycles. The Kier molecular flexibility index (Phi) is 5.85. The highest BCUT2D eigenvalue weighted by Crippen LogP contribution is 2.18. The lowest BCUT2D eigenvalue weighted by molar-refractivity contribution is 0.744. The summed E-state index contributed by atoms with van der Waals surface area (Å²) in [5.74, 6) is 0.253. The molecule has 0 saturated heterocycles. The van der Waals surface area contributed by atoms with Crippen LogP contribution < -0.4 is 16.0 Å². The normalized spacial score (nSPS) is 9.84. The number of anilines is 1. The minimum atomic E-state index is 0.103. The Labute approximate surface area is 114 Å². The molecule has 0 radical (unpaired) electrons. The molecule has 0 unspecified atom stereocenters. The summed E-state index contributed by atoms with van der Waals surface area (Å²) in [6.07, 6.45) is 2.10. The Morgan fingerprint density at radius 2 is 1.74 bits per heavy atom. The van der Waals surface area contributed by atoms with Crippen LogP contribution in [-0.4, -0.2) is 18.5 Å². The number of benzene rings is 1. The third kappa shape index (κ3) is 4.99. The van der Waals surface area contributed by atoms with Gasteiger partial charge in [-0.1, -0.05) is 31.5 Å². The quantitative estimate of drug-likeness (QED) is 0.328. The molecule has 0 saturated carbocycles. The van der Waals surface area contributed by atoms with Crippen molar-refractivity contribution in [2.24, 2.45) is 0 Å². The largest absolute Gasteiger partial charge is 0.356 e. The first kappa shape index (κ1) is 15.0. The van der Waals surface area contributed by atoms with E-state index in [2.05, 4.69) is 22.9 Å². The van der Waals surface area contributed by atoms with E-state index in [1.165, 1.54) is 0 Å². The number of rotatable bonds is 4. The van der Waals surface area contributed by atoms with Crippen LogP contribution in [0, 0.1) is 24.7 Å². The summed E-state index contributed by atoms with van der Waals surface area (Å²) in [5, 5.41) is 24.1. The first-order valence-electron chi connectivity index (χ1n) is 6.55. The zero-order valence-electron chi connectivity index (χ0n) is 11.9. The molecule has 0 aliphatic rings. The van der Waals surface area contributed by atoms with Crippen molar-refractivity contribution in [1.29, 1.82) is 10.8 Å². The van der Waals surface area contributed by atoms with Crippen LogP contribution in [0.5, 0.6) is 0 Å². The lowest BCUT2D eigenvalue weighted by Crippen LogP contribution is -2.43. The molecule has 5 N–H and O–H groups in total. The lowest BCUT2D eigenvalue weighted by atomic mass is 10.1. The van der Waals surface area contributed by atoms with Crippen LogP contribution in [0.3, 0.4) is 0 Å². The minimum Gasteiger partial charge on any atom is -0.356 e. The van der Waals surface area contributed by atoms with E-state index < -0.39 is 0 Å². The molecule has 0 amide bonds. The molecule has 1 rings (SSSR count). The summed E-state index contributed by atoms with van der Waals surface area (Å²) < 4.78 is 0. The van der Waals surface area contributed by atoms with Crippen LogP contribution in [0.25, 0.3) is 0 Å². The fraction of sp³-hybridized carbons (Fsp3) is 0.429. The van der Waals surface area contributed by atoms with Gasteiger partial charge in [-0.3, -0.25) is 16.1 Å². The number of nitrogens with one attached hydrogen (secondary N) is 5. The van der Waals surface area contributed by atoms with Gasteiger partial charge >= 0.3 is 0 Å². The van der Waals surface area contributed by atoms with E-state index in [0.29, 0.717) is 0 Å². The van der Waals surface area contributed by atoms with Crippen LogP contribution in [0.1, 0.15) is 30.9 Å². The highest BCUT2D eigenvalue weighted by molar-refractivity contribution is 6.03. The molecule has 5 heteroatoms. The molecule has 19 heavy (non-hydrogen) atoms. The smallest absolute Gasteiger partial charge is 0.199 e. The Bertz CT molecular complexity index is 433. The van der Waals surface area contributed by atoms with Gasteiger partial charge in [-0.25, -0.2) is 0 Å². The maximum atomic E-state index is 7.83. The van der Waals surface area contributed by atoms with Crippen molar-refractivity contribution < 1.29 is 0 Å². The second-order valence-corrected chi connectivity index (χ2v) is 4.55. The maximum Gasteiger partial charge on any atom is 0.199 e. The van der Waals surface area contributed by atoms with Gasteiger partial charge in [0.2, 0.25) is 0 Å². The van der Waals surface area contributed by atoms with Gasteiger partial charge in [0.05, 0.1) is 0 Å². The molecule has 0 aromatic heterocycles. The molecule has 104 valence electrons. The van der Waals surface area contributed by atoms with Gasteiger partial charge in [0.15, 0.2) is 11.9 Å². The standard InChI is InChI=1S/C14H23N5/c1-4-5-9-17-13(15)19-14(16)18-12-10(2)7-6-8-11(12)3/h6-8H,4-5,9H2,1-3H3,(H5,15,16,17,18,19). The van der Waals surface area contributed by atoms with E-state index in [9.17, 15) is 0 Å². The molecule has 0 heterocycles. The van der Waals surface area contributed by atoms with Gasteiger partial charge < -0.3 is 10.6 Å². The maximum absolute atomic E-state index is 7.83. The molecular formula is C14H23N5. The predicted octanol–water partition coefficient (Wildman–Crippen LogP) is 2.56. The number of para-hydroxylation sites is 1. The third-order valence-electron chi connectivity index (χ3n) is 2.81. The molecular weight excluding hydrogens is 238 g/mol. The zero-order chi connectivity index (χ0) is 14.3. The predicted molar refractivity (Wildman–Crippen MR) is 81.0 cm³/mol. The summed E-state index contributed by atoms with van der Waals surface area (Å²) in [4.78, 5) is 0. The Morgan fingerprint density at radius 1 is 1.11 bits per heavy atom. The van der Waals surface area contributed by atoms with E-state index in [-0.39, 0.29) is 11.9 Å². The number of hydrogen-bond donors (Lipinski definition) is 5. The van der Waals surface area contributed by atoms with Gasteiger partial charge in [0.25, 0.3) is 0 Å². The lowest BCUT2D eigenvalue weighted by Gasteiger charge is -2.15. The van der Waals surface area contributed by atoms with E-state index >= 15 is 0 Å². The van der Waals surface area contributed by atoms with Crippen molar-refractivity contribution >= 4 is 17.6 Å². The van der Waals surface area contributed by atoms with Gasteiger partial charge in [-0.05, 0) is 31.4 Å². The molecule has 0 spiro atoms. The van der Waals surface area contributed by atoms with Crippen LogP contribution in [0.2, 0.25) is 0 Å². The zero-order valence-corrected chi connectivity index (χ0v) is 11.9. The molecule has 0 atom stereocenters. The van der Waals surface area contributed by atoms with Gasteiger partial charge in [0, 0.05) is 12.2 Å². The van der Waals surface area contributed by atoms with Crippen molar-refractivity contribution in [2.75, 3.05) is 11.9 Å². The minimum absolute atomic E-state index is 0.103. The fourth-order valence-corrected chi connectivity index (χ4v) is 1.73. The van der Waals surface area contributed by atoms with Gasteiger partial charge in [-0.15, -0.1) is 0 Å². The van der Waals surface area contributed by atoms with Crippen LogP contribution >= 0.6 is 0 Å². The molecule has 1 aromatic carbocycles. The Hall–Kier alpha value is -2.04. The second-order valence-electron chi connectivity index (χ2n) is 4.55. The molecule has 1 aromatic rings. The summed E-state index contributed by atoms with van der Waals surface area (Å²) in [5.41, 5.74) is 3.08. The van der Waals surface area contributed by atoms with Gasteiger partial charge in [0.1, 0.15) is 0 Å². The average molecular weight is 261 g/mol. The van der Waals surface area contributed by atoms with Crippen molar-refractivity contribution in [1.82, 2.24) is 10.6 Å². The van der Waals surface area contributed by atoms with E-state index in [4.69, 9.17) is 10.8 Å².